The van der Waals surface area contributed by atoms with E-state index in [1.165, 1.54) is 18.2 Å². The molecule has 2 aromatic carbocycles. The van der Waals surface area contributed by atoms with E-state index >= 15 is 0 Å². The lowest BCUT2D eigenvalue weighted by Crippen LogP contribution is -2.08. The average molecular weight is 344 g/mol. The van der Waals surface area contributed by atoms with Gasteiger partial charge in [0.2, 0.25) is 0 Å². The fraction of sp³-hybridized carbons (Fsp3) is 0.0714. The second-order valence-electron chi connectivity index (χ2n) is 4.71. The Morgan fingerprint density at radius 3 is 2.13 bits per heavy atom. The molecule has 0 atom stereocenters. The van der Waals surface area contributed by atoms with Gasteiger partial charge in [-0.15, -0.1) is 0 Å². The lowest BCUT2D eigenvalue weighted by atomic mass is 10.1. The summed E-state index contributed by atoms with van der Waals surface area (Å²) in [6, 6.07) is 9.58. The second-order valence-corrected chi connectivity index (χ2v) is 5.90. The number of hydrogen-bond donors (Lipinski definition) is 0. The van der Waals surface area contributed by atoms with Crippen LogP contribution < -0.4 is 0 Å². The number of para-hydroxylation sites is 2. The normalized spacial score (nSPS) is 12.7. The quantitative estimate of drug-likeness (QED) is 0.525. The van der Waals surface area contributed by atoms with Crippen LogP contribution >= 0.6 is 0 Å². The van der Waals surface area contributed by atoms with Crippen LogP contribution in [0.3, 0.4) is 0 Å². The molecule has 0 saturated heterocycles. The van der Waals surface area contributed by atoms with Crippen LogP contribution in [-0.2, 0) is 16.6 Å². The number of alkyl halides is 3. The first-order valence-corrected chi connectivity index (χ1v) is 7.62. The highest BCUT2D eigenvalue weighted by Crippen LogP contribution is 2.32. The van der Waals surface area contributed by atoms with E-state index in [1.54, 1.807) is 6.07 Å². The Morgan fingerprint density at radius 2 is 1.57 bits per heavy atom. The summed E-state index contributed by atoms with van der Waals surface area (Å²) in [4.78, 5) is 4.00. The molecule has 3 rings (SSSR count). The van der Waals surface area contributed by atoms with E-state index in [4.69, 9.17) is 0 Å². The summed E-state index contributed by atoms with van der Waals surface area (Å²) in [5.41, 5.74) is -0.629. The summed E-state index contributed by atoms with van der Waals surface area (Å²) < 4.78 is 74.5. The zero-order valence-electron chi connectivity index (χ0n) is 11.2. The van der Waals surface area contributed by atoms with Crippen molar-refractivity contribution in [3.05, 3.63) is 54.1 Å². The minimum atomic E-state index is -5.17. The van der Waals surface area contributed by atoms with E-state index < -0.39 is 22.1 Å². The van der Waals surface area contributed by atoms with Gasteiger partial charge in [-0.25, -0.2) is 4.98 Å². The molecule has 3 aromatic rings. The molecule has 4 nitrogen and oxygen atoms in total. The number of fused-ring (bicyclic) bond motifs is 1. The van der Waals surface area contributed by atoms with Gasteiger partial charge < -0.3 is 0 Å². The maximum Gasteiger partial charge on any atom is 0.416 e. The Labute approximate surface area is 128 Å². The molecule has 0 bridgehead atoms. The van der Waals surface area contributed by atoms with Crippen LogP contribution in [0.15, 0.2) is 48.5 Å². The summed E-state index contributed by atoms with van der Waals surface area (Å²) in [5, 5.41) is 0. The zero-order chi connectivity index (χ0) is 16.8. The predicted octanol–water partition coefficient (Wildman–Crippen LogP) is 3.78. The molecule has 1 heterocycles. The van der Waals surface area contributed by atoms with Crippen LogP contribution in [0.5, 0.6) is 0 Å². The number of hydrogen-bond acceptors (Lipinski definition) is 3. The van der Waals surface area contributed by atoms with Crippen molar-refractivity contribution < 1.29 is 25.5 Å². The highest BCUT2D eigenvalue weighted by Gasteiger charge is 2.30. The van der Waals surface area contributed by atoms with Gasteiger partial charge in [-0.05, 0) is 24.3 Å². The van der Waals surface area contributed by atoms with Gasteiger partial charge in [0.25, 0.3) is 0 Å². The zero-order valence-corrected chi connectivity index (χ0v) is 12.1. The first-order chi connectivity index (χ1) is 10.7. The van der Waals surface area contributed by atoms with Gasteiger partial charge in [0, 0.05) is 5.56 Å². The fourth-order valence-corrected chi connectivity index (χ4v) is 2.96. The minimum absolute atomic E-state index is 0.00454. The Kier molecular flexibility index (Phi) is 3.40. The maximum atomic E-state index is 13.6. The summed E-state index contributed by atoms with van der Waals surface area (Å²) >= 11 is 0. The number of rotatable bonds is 2. The van der Waals surface area contributed by atoms with E-state index in [2.05, 4.69) is 4.98 Å². The fourth-order valence-electron chi connectivity index (χ4n) is 2.21. The Bertz CT molecular complexity index is 976. The number of halogens is 4. The van der Waals surface area contributed by atoms with Crippen LogP contribution in [0.4, 0.5) is 17.1 Å². The van der Waals surface area contributed by atoms with E-state index in [-0.39, 0.29) is 22.4 Å². The molecule has 23 heavy (non-hydrogen) atoms. The molecular weight excluding hydrogens is 336 g/mol. The minimum Gasteiger partial charge on any atom is -0.227 e. The molecule has 0 unspecified atom stereocenters. The number of nitrogens with zero attached hydrogens (tertiary/aromatic N) is 2. The SMILES string of the molecule is O=S(=O)(F)n1c(-c2ccc(C(F)(F)F)cc2)nc2ccccc21. The average Bonchev–Trinajstić information content (AvgIpc) is 2.86. The van der Waals surface area contributed by atoms with Gasteiger partial charge in [-0.2, -0.15) is 25.6 Å². The van der Waals surface area contributed by atoms with Crippen molar-refractivity contribution in [1.29, 1.82) is 0 Å². The van der Waals surface area contributed by atoms with E-state index in [9.17, 15) is 25.5 Å². The number of benzene rings is 2. The molecule has 0 fully saturated rings. The van der Waals surface area contributed by atoms with Crippen LogP contribution in [0.1, 0.15) is 5.56 Å². The number of imidazole rings is 1. The second kappa shape index (κ2) is 5.05. The van der Waals surface area contributed by atoms with Crippen molar-refractivity contribution in [2.24, 2.45) is 0 Å². The Balaban J connectivity index is 2.24. The van der Waals surface area contributed by atoms with Crippen molar-refractivity contribution in [1.82, 2.24) is 8.96 Å². The van der Waals surface area contributed by atoms with Crippen LogP contribution in [-0.4, -0.2) is 17.4 Å². The standard InChI is InChI=1S/C14H8F4N2O2S/c15-14(16,17)10-7-5-9(6-8-10)13-19-11-3-1-2-4-12(11)20(13)23(18,21)22/h1-8H. The van der Waals surface area contributed by atoms with Gasteiger partial charge in [-0.1, -0.05) is 28.2 Å². The van der Waals surface area contributed by atoms with Crippen molar-refractivity contribution in [3.8, 4) is 11.4 Å². The van der Waals surface area contributed by atoms with E-state index in [0.29, 0.717) is 3.97 Å². The highest BCUT2D eigenvalue weighted by molar-refractivity contribution is 7.85. The Morgan fingerprint density at radius 1 is 0.957 bits per heavy atom. The summed E-state index contributed by atoms with van der Waals surface area (Å²) in [5.74, 6) is -0.289. The van der Waals surface area contributed by atoms with Gasteiger partial charge in [0.15, 0.2) is 5.82 Å². The van der Waals surface area contributed by atoms with Crippen molar-refractivity contribution in [2.75, 3.05) is 0 Å². The van der Waals surface area contributed by atoms with Gasteiger partial charge in [0.05, 0.1) is 16.6 Å². The first kappa shape index (κ1) is 15.5. The van der Waals surface area contributed by atoms with E-state index in [0.717, 1.165) is 24.3 Å². The number of aromatic nitrogens is 2. The molecular formula is C14H8F4N2O2S. The lowest BCUT2D eigenvalue weighted by molar-refractivity contribution is -0.137. The van der Waals surface area contributed by atoms with Crippen molar-refractivity contribution in [2.45, 2.75) is 6.18 Å². The van der Waals surface area contributed by atoms with Crippen LogP contribution in [0.25, 0.3) is 22.4 Å². The third kappa shape index (κ3) is 2.79. The van der Waals surface area contributed by atoms with E-state index in [1.807, 2.05) is 0 Å². The molecule has 0 spiro atoms. The van der Waals surface area contributed by atoms with Gasteiger partial charge >= 0.3 is 16.6 Å². The summed E-state index contributed by atoms with van der Waals surface area (Å²) in [6.45, 7) is 0. The largest absolute Gasteiger partial charge is 0.416 e. The van der Waals surface area contributed by atoms with Crippen LogP contribution in [0.2, 0.25) is 0 Å². The molecule has 0 aliphatic heterocycles. The molecule has 120 valence electrons. The van der Waals surface area contributed by atoms with Gasteiger partial charge in [0.1, 0.15) is 0 Å². The molecule has 1 aromatic heterocycles. The lowest BCUT2D eigenvalue weighted by Gasteiger charge is -2.08. The molecule has 9 heteroatoms. The monoisotopic (exact) mass is 344 g/mol. The first-order valence-electron chi connectivity index (χ1n) is 6.28. The summed E-state index contributed by atoms with van der Waals surface area (Å²) in [7, 11) is -5.17. The van der Waals surface area contributed by atoms with Gasteiger partial charge in [-0.3, -0.25) is 0 Å². The van der Waals surface area contributed by atoms with Crippen molar-refractivity contribution >= 4 is 21.4 Å². The highest BCUT2D eigenvalue weighted by atomic mass is 32.3. The predicted molar refractivity (Wildman–Crippen MR) is 75.6 cm³/mol. The third-order valence-electron chi connectivity index (χ3n) is 3.21. The molecule has 0 saturated carbocycles. The smallest absolute Gasteiger partial charge is 0.227 e. The Hall–Kier alpha value is -2.42. The molecule has 0 aliphatic rings. The van der Waals surface area contributed by atoms with Crippen molar-refractivity contribution in [3.63, 3.8) is 0 Å². The van der Waals surface area contributed by atoms with Crippen LogP contribution in [0, 0.1) is 0 Å². The molecule has 0 radical (unpaired) electrons. The molecule has 0 aliphatic carbocycles. The third-order valence-corrected chi connectivity index (χ3v) is 4.01. The topological polar surface area (TPSA) is 52.0 Å². The molecule has 0 N–H and O–H groups in total. The summed E-state index contributed by atoms with van der Waals surface area (Å²) in [6.07, 6.45) is -4.52. The maximum absolute atomic E-state index is 13.6. The molecule has 0 amide bonds.